The van der Waals surface area contributed by atoms with Crippen LogP contribution in [-0.4, -0.2) is 12.8 Å². The minimum absolute atomic E-state index is 0.0741. The maximum absolute atomic E-state index is 5.30. The number of nitrogens with two attached hydrogens (primary N) is 1. The summed E-state index contributed by atoms with van der Waals surface area (Å²) in [5.41, 5.74) is 7.90. The van der Waals surface area contributed by atoms with E-state index in [2.05, 4.69) is 10.3 Å². The first-order chi connectivity index (χ1) is 2.89. The Balaban J connectivity index is 2.18. The van der Waals surface area contributed by atoms with E-state index < -0.39 is 0 Å². The summed E-state index contributed by atoms with van der Waals surface area (Å²) in [5, 5.41) is 0. The van der Waals surface area contributed by atoms with Gasteiger partial charge in [0.15, 0.2) is 0 Å². The molecule has 3 nitrogen and oxygen atoms in total. The lowest BCUT2D eigenvalue weighted by Crippen LogP contribution is -2.29. The summed E-state index contributed by atoms with van der Waals surface area (Å²) >= 11 is 0. The van der Waals surface area contributed by atoms with Gasteiger partial charge in [-0.2, -0.15) is 5.48 Å². The Morgan fingerprint density at radius 2 is 2.67 bits per heavy atom. The zero-order valence-electron chi connectivity index (χ0n) is 3.48. The number of nitrogens with one attached hydrogen (secondary N) is 1. The molecule has 6 heavy (non-hydrogen) atoms. The van der Waals surface area contributed by atoms with Gasteiger partial charge in [0.25, 0.3) is 0 Å². The van der Waals surface area contributed by atoms with Crippen molar-refractivity contribution < 1.29 is 4.84 Å². The molecule has 1 aliphatic heterocycles. The molecule has 1 saturated heterocycles. The lowest BCUT2D eigenvalue weighted by molar-refractivity contribution is 0.0892. The van der Waals surface area contributed by atoms with E-state index in [-0.39, 0.29) is 6.17 Å². The van der Waals surface area contributed by atoms with Gasteiger partial charge in [-0.3, -0.25) is 0 Å². The van der Waals surface area contributed by atoms with Gasteiger partial charge < -0.3 is 10.6 Å². The fourth-order valence-electron chi connectivity index (χ4n) is 0.411. The maximum Gasteiger partial charge on any atom is 0.0810 e. The van der Waals surface area contributed by atoms with Crippen LogP contribution in [0.15, 0.2) is 0 Å². The number of hydrogen-bond acceptors (Lipinski definition) is 3. The Hall–Kier alpha value is -0.120. The zero-order valence-corrected chi connectivity index (χ0v) is 3.48. The molecule has 0 aliphatic carbocycles. The van der Waals surface area contributed by atoms with Gasteiger partial charge in [-0.15, -0.1) is 0 Å². The maximum atomic E-state index is 5.30. The molecule has 0 bridgehead atoms. The van der Waals surface area contributed by atoms with E-state index in [4.69, 9.17) is 5.73 Å². The molecule has 1 heterocycles. The average molecular weight is 88.1 g/mol. The van der Waals surface area contributed by atoms with Crippen LogP contribution in [0.25, 0.3) is 0 Å². The molecule has 0 spiro atoms. The molecule has 3 N–H and O–H groups in total. The average Bonchev–Trinajstić information content (AvgIpc) is 1.86. The molecule has 0 aromatic carbocycles. The monoisotopic (exact) mass is 88.1 g/mol. The first-order valence-electron chi connectivity index (χ1n) is 2.02. The van der Waals surface area contributed by atoms with Gasteiger partial charge >= 0.3 is 0 Å². The van der Waals surface area contributed by atoms with E-state index in [9.17, 15) is 0 Å². The van der Waals surface area contributed by atoms with E-state index in [1.54, 1.807) is 0 Å². The lowest BCUT2D eigenvalue weighted by atomic mass is 10.4. The number of rotatable bonds is 0. The summed E-state index contributed by atoms with van der Waals surface area (Å²) in [5.74, 6) is 0. The van der Waals surface area contributed by atoms with E-state index in [1.807, 2.05) is 0 Å². The molecule has 0 aromatic rings. The summed E-state index contributed by atoms with van der Waals surface area (Å²) in [6, 6.07) is 0. The molecule has 3 heteroatoms. The number of hydroxylamine groups is 1. The van der Waals surface area contributed by atoms with Crippen LogP contribution in [0, 0.1) is 0 Å². The number of hydrogen-bond donors (Lipinski definition) is 2. The van der Waals surface area contributed by atoms with Crippen molar-refractivity contribution in [2.45, 2.75) is 12.6 Å². The van der Waals surface area contributed by atoms with Crippen molar-refractivity contribution in [3.8, 4) is 0 Å². The normalized spacial score (nSPS) is 34.5. The molecule has 1 fully saturated rings. The largest absolute Gasteiger partial charge is 0.314 e. The topological polar surface area (TPSA) is 47.3 Å². The van der Waals surface area contributed by atoms with Crippen LogP contribution in [0.2, 0.25) is 0 Å². The minimum atomic E-state index is 0.0741. The molecule has 36 valence electrons. The van der Waals surface area contributed by atoms with Crippen LogP contribution < -0.4 is 11.2 Å². The Labute approximate surface area is 36.4 Å². The highest BCUT2D eigenvalue weighted by Crippen LogP contribution is 1.91. The Morgan fingerprint density at radius 1 is 1.83 bits per heavy atom. The summed E-state index contributed by atoms with van der Waals surface area (Å²) in [6.07, 6.45) is 1.00. The molecular formula is C3H8N2O. The molecule has 0 saturated carbocycles. The summed E-state index contributed by atoms with van der Waals surface area (Å²) in [7, 11) is 0. The van der Waals surface area contributed by atoms with Gasteiger partial charge in [0, 0.05) is 6.42 Å². The standard InChI is InChI=1S/C3H8N2O/c4-3-1-2-6-5-3/h3,5H,1-2,4H2. The predicted molar refractivity (Wildman–Crippen MR) is 21.7 cm³/mol. The molecule has 0 radical (unpaired) electrons. The molecule has 1 unspecified atom stereocenters. The van der Waals surface area contributed by atoms with Gasteiger partial charge in [-0.1, -0.05) is 0 Å². The van der Waals surface area contributed by atoms with E-state index in [0.29, 0.717) is 0 Å². The quantitative estimate of drug-likeness (QED) is 0.407. The van der Waals surface area contributed by atoms with Crippen molar-refractivity contribution in [3.63, 3.8) is 0 Å². The predicted octanol–water partition coefficient (Wildman–Crippen LogP) is -0.804. The lowest BCUT2D eigenvalue weighted by Gasteiger charge is -1.93. The van der Waals surface area contributed by atoms with Gasteiger partial charge in [-0.25, -0.2) is 0 Å². The molecule has 0 aromatic heterocycles. The van der Waals surface area contributed by atoms with E-state index in [1.165, 1.54) is 0 Å². The third kappa shape index (κ3) is 0.680. The van der Waals surface area contributed by atoms with Gasteiger partial charge in [0.1, 0.15) is 0 Å². The highest BCUT2D eigenvalue weighted by Gasteiger charge is 2.06. The van der Waals surface area contributed by atoms with Crippen molar-refractivity contribution in [2.24, 2.45) is 5.73 Å². The first kappa shape index (κ1) is 4.05. The fourth-order valence-corrected chi connectivity index (χ4v) is 0.411. The third-order valence-electron chi connectivity index (χ3n) is 0.766. The van der Waals surface area contributed by atoms with Crippen molar-refractivity contribution in [1.29, 1.82) is 0 Å². The Bertz CT molecular complexity index is 42.1. The minimum Gasteiger partial charge on any atom is -0.314 e. The first-order valence-corrected chi connectivity index (χ1v) is 2.02. The van der Waals surface area contributed by atoms with Crippen LogP contribution in [0.3, 0.4) is 0 Å². The highest BCUT2D eigenvalue weighted by atomic mass is 16.7. The highest BCUT2D eigenvalue weighted by molar-refractivity contribution is 4.55. The van der Waals surface area contributed by atoms with Crippen molar-refractivity contribution in [2.75, 3.05) is 6.61 Å². The summed E-state index contributed by atoms with van der Waals surface area (Å²) < 4.78 is 0. The van der Waals surface area contributed by atoms with Gasteiger partial charge in [0.2, 0.25) is 0 Å². The van der Waals surface area contributed by atoms with Gasteiger partial charge in [-0.05, 0) is 0 Å². The summed E-state index contributed by atoms with van der Waals surface area (Å²) in [6.45, 7) is 0.751. The Morgan fingerprint density at radius 3 is 2.83 bits per heavy atom. The van der Waals surface area contributed by atoms with Crippen molar-refractivity contribution in [3.05, 3.63) is 0 Å². The van der Waals surface area contributed by atoms with Crippen molar-refractivity contribution in [1.82, 2.24) is 5.48 Å². The third-order valence-corrected chi connectivity index (χ3v) is 0.766. The van der Waals surface area contributed by atoms with Gasteiger partial charge in [0.05, 0.1) is 12.8 Å². The van der Waals surface area contributed by atoms with Crippen molar-refractivity contribution >= 4 is 0 Å². The fraction of sp³-hybridized carbons (Fsp3) is 1.00. The summed E-state index contributed by atoms with van der Waals surface area (Å²) in [4.78, 5) is 4.68. The SMILES string of the molecule is NC1CCON1. The second-order valence-corrected chi connectivity index (χ2v) is 1.36. The van der Waals surface area contributed by atoms with Crippen LogP contribution in [0.4, 0.5) is 0 Å². The van der Waals surface area contributed by atoms with Crippen LogP contribution in [0.1, 0.15) is 6.42 Å². The second-order valence-electron chi connectivity index (χ2n) is 1.36. The van der Waals surface area contributed by atoms with Crippen LogP contribution >= 0.6 is 0 Å². The zero-order chi connectivity index (χ0) is 4.41. The second kappa shape index (κ2) is 1.55. The molecule has 1 rings (SSSR count). The molecule has 1 aliphatic rings. The Kier molecular flexibility index (Phi) is 1.05. The van der Waals surface area contributed by atoms with Crippen LogP contribution in [0.5, 0.6) is 0 Å². The smallest absolute Gasteiger partial charge is 0.0810 e. The molecule has 0 amide bonds. The van der Waals surface area contributed by atoms with Crippen LogP contribution in [-0.2, 0) is 4.84 Å². The molecular weight excluding hydrogens is 80.0 g/mol. The molecule has 1 atom stereocenters. The van der Waals surface area contributed by atoms with E-state index in [0.717, 1.165) is 13.0 Å². The van der Waals surface area contributed by atoms with E-state index >= 15 is 0 Å².